The number of fused-ring (bicyclic) bond motifs is 1. The smallest absolute Gasteiger partial charge is 0.0733 e. The second kappa shape index (κ2) is 11.6. The molecule has 2 aliphatic heterocycles. The zero-order valence-corrected chi connectivity index (χ0v) is 20.9. The Morgan fingerprint density at radius 1 is 0.970 bits per heavy atom. The van der Waals surface area contributed by atoms with Crippen LogP contribution >= 0.6 is 8.35 Å². The van der Waals surface area contributed by atoms with E-state index >= 15 is 0 Å². The normalized spacial score (nSPS) is 16.2. The van der Waals surface area contributed by atoms with Gasteiger partial charge in [-0.3, -0.25) is 5.09 Å². The number of anilines is 2. The van der Waals surface area contributed by atoms with Crippen molar-refractivity contribution in [3.8, 4) is 11.3 Å². The molecule has 2 aliphatic rings. The lowest BCUT2D eigenvalue weighted by Crippen LogP contribution is -2.43. The van der Waals surface area contributed by atoms with E-state index in [4.69, 9.17) is 4.98 Å². The van der Waals surface area contributed by atoms with Crippen LogP contribution in [0, 0.1) is 0 Å². The van der Waals surface area contributed by atoms with Crippen LogP contribution in [0.25, 0.3) is 22.2 Å². The minimum atomic E-state index is 0.998. The van der Waals surface area contributed by atoms with Crippen LogP contribution in [0.15, 0.2) is 48.5 Å². The quantitative estimate of drug-likeness (QED) is 0.525. The van der Waals surface area contributed by atoms with Gasteiger partial charge in [0.25, 0.3) is 0 Å². The first kappa shape index (κ1) is 23.7. The summed E-state index contributed by atoms with van der Waals surface area (Å²) in [6, 6.07) is 18.1. The molecule has 0 radical (unpaired) electrons. The first-order valence-electron chi connectivity index (χ1n) is 12.1. The Balaban J connectivity index is 0.000000601. The molecule has 2 aromatic carbocycles. The van der Waals surface area contributed by atoms with E-state index in [0.717, 1.165) is 65.3 Å². The molecule has 6 heteroatoms. The molecule has 5 rings (SSSR count). The van der Waals surface area contributed by atoms with Crippen LogP contribution in [0.3, 0.4) is 0 Å². The number of benzene rings is 2. The maximum absolute atomic E-state index is 5.08. The summed E-state index contributed by atoms with van der Waals surface area (Å²) >= 11 is 0. The first-order valence-corrected chi connectivity index (χ1v) is 13.2. The van der Waals surface area contributed by atoms with Gasteiger partial charge in [0.15, 0.2) is 0 Å². The van der Waals surface area contributed by atoms with Gasteiger partial charge in [0, 0.05) is 61.6 Å². The SMILES string of the molecule is C=PNC.CCc1ccc2c(N3CCCC3)cc(-c3ccc(N4CCNCC4)cc3)nc2c1. The van der Waals surface area contributed by atoms with Gasteiger partial charge in [-0.25, -0.2) is 4.98 Å². The number of rotatable bonds is 5. The van der Waals surface area contributed by atoms with Gasteiger partial charge < -0.3 is 15.1 Å². The predicted molar refractivity (Wildman–Crippen MR) is 146 cm³/mol. The van der Waals surface area contributed by atoms with Crippen molar-refractivity contribution < 1.29 is 0 Å². The number of hydrogen-bond acceptors (Lipinski definition) is 5. The van der Waals surface area contributed by atoms with Crippen LogP contribution < -0.4 is 20.2 Å². The Kier molecular flexibility index (Phi) is 8.33. The molecule has 2 N–H and O–H groups in total. The number of piperazine rings is 1. The molecule has 174 valence electrons. The minimum Gasteiger partial charge on any atom is -0.371 e. The summed E-state index contributed by atoms with van der Waals surface area (Å²) in [6.07, 6.45) is 7.07. The van der Waals surface area contributed by atoms with Crippen molar-refractivity contribution in [3.63, 3.8) is 0 Å². The summed E-state index contributed by atoms with van der Waals surface area (Å²) in [5.41, 5.74) is 7.41. The summed E-state index contributed by atoms with van der Waals surface area (Å²) in [4.78, 5) is 10.1. The van der Waals surface area contributed by atoms with Gasteiger partial charge in [-0.15, -0.1) is 0 Å². The van der Waals surface area contributed by atoms with E-state index in [9.17, 15) is 0 Å². The predicted octanol–water partition coefficient (Wildman–Crippen LogP) is 4.97. The maximum atomic E-state index is 5.08. The summed E-state index contributed by atoms with van der Waals surface area (Å²) in [5, 5.41) is 7.50. The van der Waals surface area contributed by atoms with Crippen LogP contribution in [0.5, 0.6) is 0 Å². The summed E-state index contributed by atoms with van der Waals surface area (Å²) < 4.78 is 0. The molecule has 1 aromatic heterocycles. The summed E-state index contributed by atoms with van der Waals surface area (Å²) in [7, 11) is 2.85. The first-order chi connectivity index (χ1) is 16.2. The molecule has 0 bridgehead atoms. The Morgan fingerprint density at radius 3 is 2.30 bits per heavy atom. The third kappa shape index (κ3) is 5.73. The number of aryl methyl sites for hydroxylation is 1. The molecule has 5 nitrogen and oxygen atoms in total. The van der Waals surface area contributed by atoms with Crippen LogP contribution in [0.1, 0.15) is 25.3 Å². The van der Waals surface area contributed by atoms with Crippen molar-refractivity contribution in [1.82, 2.24) is 15.4 Å². The lowest BCUT2D eigenvalue weighted by Gasteiger charge is -2.29. The van der Waals surface area contributed by atoms with Crippen LogP contribution in [-0.4, -0.2) is 57.6 Å². The largest absolute Gasteiger partial charge is 0.371 e. The van der Waals surface area contributed by atoms with Crippen molar-refractivity contribution in [2.45, 2.75) is 26.2 Å². The van der Waals surface area contributed by atoms with E-state index in [1.165, 1.54) is 40.7 Å². The average Bonchev–Trinajstić information content (AvgIpc) is 3.43. The standard InChI is InChI=1S/C25H30N4.C2H6NP/c1-2-19-5-10-22-24(17-19)27-23(18-25(22)29-13-3-4-14-29)20-6-8-21(9-7-20)28-15-11-26-12-16-28;1-3-4-2/h5-10,17-18,26H,2-4,11-16H2,1H3;3H,2H2,1H3. The topological polar surface area (TPSA) is 43.4 Å². The average molecular weight is 462 g/mol. The van der Waals surface area contributed by atoms with E-state index in [0.29, 0.717) is 0 Å². The maximum Gasteiger partial charge on any atom is 0.0733 e. The molecule has 0 amide bonds. The Bertz CT molecular complexity index is 1050. The molecular formula is C27H36N5P. The molecule has 33 heavy (non-hydrogen) atoms. The second-order valence-corrected chi connectivity index (χ2v) is 9.35. The third-order valence-electron chi connectivity index (χ3n) is 6.51. The van der Waals surface area contributed by atoms with Gasteiger partial charge >= 0.3 is 0 Å². The van der Waals surface area contributed by atoms with Gasteiger partial charge in [-0.1, -0.05) is 37.5 Å². The highest BCUT2D eigenvalue weighted by molar-refractivity contribution is 7.34. The molecule has 0 spiro atoms. The van der Waals surface area contributed by atoms with Gasteiger partial charge in [0.2, 0.25) is 0 Å². The van der Waals surface area contributed by atoms with E-state index in [1.807, 2.05) is 7.05 Å². The van der Waals surface area contributed by atoms with Gasteiger partial charge in [-0.2, -0.15) is 0 Å². The van der Waals surface area contributed by atoms with E-state index in [2.05, 4.69) is 82.0 Å². The molecule has 3 heterocycles. The van der Waals surface area contributed by atoms with Crippen molar-refractivity contribution >= 4 is 36.9 Å². The molecular weight excluding hydrogens is 425 g/mol. The van der Waals surface area contributed by atoms with E-state index in [-0.39, 0.29) is 0 Å². The van der Waals surface area contributed by atoms with Gasteiger partial charge in [0.1, 0.15) is 0 Å². The van der Waals surface area contributed by atoms with Gasteiger partial charge in [-0.05, 0) is 64.5 Å². The molecule has 2 saturated heterocycles. The fourth-order valence-electron chi connectivity index (χ4n) is 4.61. The van der Waals surface area contributed by atoms with Crippen LogP contribution in [-0.2, 0) is 6.42 Å². The number of hydrogen-bond donors (Lipinski definition) is 2. The zero-order valence-electron chi connectivity index (χ0n) is 20.0. The monoisotopic (exact) mass is 461 g/mol. The molecule has 0 saturated carbocycles. The number of aromatic nitrogens is 1. The fraction of sp³-hybridized carbons (Fsp3) is 0.407. The van der Waals surface area contributed by atoms with Crippen LogP contribution in [0.4, 0.5) is 11.4 Å². The Labute approximate surface area is 200 Å². The highest BCUT2D eigenvalue weighted by Gasteiger charge is 2.18. The second-order valence-electron chi connectivity index (χ2n) is 8.59. The van der Waals surface area contributed by atoms with Crippen LogP contribution in [0.2, 0.25) is 0 Å². The van der Waals surface area contributed by atoms with Crippen molar-refractivity contribution in [1.29, 1.82) is 0 Å². The Morgan fingerprint density at radius 2 is 1.67 bits per heavy atom. The fourth-order valence-corrected chi connectivity index (χ4v) is 4.61. The molecule has 2 fully saturated rings. The minimum absolute atomic E-state index is 0.998. The highest BCUT2D eigenvalue weighted by atomic mass is 31.1. The molecule has 0 unspecified atom stereocenters. The molecule has 0 aliphatic carbocycles. The lowest BCUT2D eigenvalue weighted by molar-refractivity contribution is 0.589. The molecule has 3 aromatic rings. The number of nitrogens with one attached hydrogen (secondary N) is 2. The van der Waals surface area contributed by atoms with Crippen molar-refractivity contribution in [3.05, 3.63) is 54.1 Å². The van der Waals surface area contributed by atoms with Gasteiger partial charge in [0.05, 0.1) is 11.2 Å². The van der Waals surface area contributed by atoms with Crippen molar-refractivity contribution in [2.24, 2.45) is 0 Å². The lowest BCUT2D eigenvalue weighted by atomic mass is 10.0. The van der Waals surface area contributed by atoms with E-state index in [1.54, 1.807) is 0 Å². The van der Waals surface area contributed by atoms with Crippen molar-refractivity contribution in [2.75, 3.05) is 56.1 Å². The third-order valence-corrected chi connectivity index (χ3v) is 6.83. The van der Waals surface area contributed by atoms with E-state index < -0.39 is 0 Å². The number of nitrogens with zero attached hydrogens (tertiary/aromatic N) is 3. The summed E-state index contributed by atoms with van der Waals surface area (Å²) in [5.74, 6) is 0. The Hall–Kier alpha value is -2.46. The highest BCUT2D eigenvalue weighted by Crippen LogP contribution is 2.34. The summed E-state index contributed by atoms with van der Waals surface area (Å²) in [6.45, 7) is 8.78. The number of pyridine rings is 1. The molecule has 0 atom stereocenters. The zero-order chi connectivity index (χ0) is 23.0.